The van der Waals surface area contributed by atoms with Crippen LogP contribution in [-0.4, -0.2) is 12.6 Å². The van der Waals surface area contributed by atoms with Crippen LogP contribution in [-0.2, 0) is 0 Å². The van der Waals surface area contributed by atoms with E-state index in [-0.39, 0.29) is 0 Å². The van der Waals surface area contributed by atoms with E-state index in [9.17, 15) is 0 Å². The molecule has 0 saturated heterocycles. The van der Waals surface area contributed by atoms with Gasteiger partial charge in [-0.15, -0.1) is 0 Å². The van der Waals surface area contributed by atoms with Crippen molar-refractivity contribution >= 4 is 11.6 Å². The van der Waals surface area contributed by atoms with Crippen molar-refractivity contribution in [2.45, 2.75) is 44.1 Å². The average molecular weight is 250 g/mol. The Balaban J connectivity index is 1.74. The van der Waals surface area contributed by atoms with Gasteiger partial charge in [-0.05, 0) is 43.2 Å². The highest BCUT2D eigenvalue weighted by Gasteiger charge is 2.31. The zero-order chi connectivity index (χ0) is 11.7. The van der Waals surface area contributed by atoms with E-state index in [2.05, 4.69) is 17.4 Å². The van der Waals surface area contributed by atoms with Crippen LogP contribution in [0.4, 0.5) is 0 Å². The molecule has 0 aliphatic heterocycles. The first-order valence-electron chi connectivity index (χ1n) is 6.82. The van der Waals surface area contributed by atoms with Crippen molar-refractivity contribution < 1.29 is 0 Å². The molecule has 1 aromatic rings. The summed E-state index contributed by atoms with van der Waals surface area (Å²) in [7, 11) is 0. The second-order valence-corrected chi connectivity index (χ2v) is 5.91. The summed E-state index contributed by atoms with van der Waals surface area (Å²) >= 11 is 6.35. The van der Waals surface area contributed by atoms with E-state index in [1.807, 2.05) is 12.1 Å². The lowest BCUT2D eigenvalue weighted by Gasteiger charge is -2.35. The topological polar surface area (TPSA) is 12.0 Å². The molecule has 92 valence electrons. The second-order valence-electron chi connectivity index (χ2n) is 5.50. The quantitative estimate of drug-likeness (QED) is 0.833. The Morgan fingerprint density at radius 3 is 2.53 bits per heavy atom. The molecule has 17 heavy (non-hydrogen) atoms. The van der Waals surface area contributed by atoms with Gasteiger partial charge in [0, 0.05) is 23.5 Å². The first-order valence-corrected chi connectivity index (χ1v) is 7.20. The van der Waals surface area contributed by atoms with Gasteiger partial charge in [-0.1, -0.05) is 36.2 Å². The molecule has 0 amide bonds. The molecule has 1 atom stereocenters. The summed E-state index contributed by atoms with van der Waals surface area (Å²) in [5, 5.41) is 4.62. The van der Waals surface area contributed by atoms with Crippen molar-refractivity contribution in [1.82, 2.24) is 5.32 Å². The molecular weight excluding hydrogens is 230 g/mol. The van der Waals surface area contributed by atoms with Crippen molar-refractivity contribution in [2.75, 3.05) is 6.54 Å². The van der Waals surface area contributed by atoms with Gasteiger partial charge in [0.1, 0.15) is 0 Å². The van der Waals surface area contributed by atoms with Gasteiger partial charge in [0.25, 0.3) is 0 Å². The fourth-order valence-corrected chi connectivity index (χ4v) is 3.01. The number of hydrogen-bond donors (Lipinski definition) is 1. The van der Waals surface area contributed by atoms with Crippen LogP contribution >= 0.6 is 11.6 Å². The van der Waals surface area contributed by atoms with E-state index in [0.717, 1.165) is 23.5 Å². The molecule has 0 radical (unpaired) electrons. The Morgan fingerprint density at radius 1 is 1.18 bits per heavy atom. The zero-order valence-corrected chi connectivity index (χ0v) is 10.9. The molecule has 2 aliphatic carbocycles. The fraction of sp³-hybridized carbons (Fsp3) is 0.600. The molecule has 0 heterocycles. The lowest BCUT2D eigenvalue weighted by Crippen LogP contribution is -2.31. The summed E-state index contributed by atoms with van der Waals surface area (Å²) in [5.41, 5.74) is 1.35. The Morgan fingerprint density at radius 2 is 1.94 bits per heavy atom. The van der Waals surface area contributed by atoms with Crippen LogP contribution in [0.5, 0.6) is 0 Å². The average Bonchev–Trinajstić information content (AvgIpc) is 3.06. The first kappa shape index (κ1) is 11.6. The summed E-state index contributed by atoms with van der Waals surface area (Å²) in [5.74, 6) is 1.47. The molecule has 0 aromatic heterocycles. The molecule has 1 unspecified atom stereocenters. The maximum Gasteiger partial charge on any atom is 0.0441 e. The van der Waals surface area contributed by atoms with Crippen molar-refractivity contribution in [3.8, 4) is 0 Å². The Hall–Kier alpha value is -0.530. The highest BCUT2D eigenvalue weighted by atomic mass is 35.5. The van der Waals surface area contributed by atoms with Crippen molar-refractivity contribution in [1.29, 1.82) is 0 Å². The van der Waals surface area contributed by atoms with Gasteiger partial charge in [-0.2, -0.15) is 0 Å². The van der Waals surface area contributed by atoms with Crippen LogP contribution in [0.15, 0.2) is 24.3 Å². The van der Waals surface area contributed by atoms with E-state index >= 15 is 0 Å². The van der Waals surface area contributed by atoms with Crippen molar-refractivity contribution in [3.05, 3.63) is 34.9 Å². The second kappa shape index (κ2) is 4.99. The van der Waals surface area contributed by atoms with Crippen LogP contribution in [0.3, 0.4) is 0 Å². The van der Waals surface area contributed by atoms with Crippen LogP contribution < -0.4 is 5.32 Å². The minimum absolute atomic E-state index is 0.623. The molecule has 1 aromatic carbocycles. The van der Waals surface area contributed by atoms with Gasteiger partial charge in [0.15, 0.2) is 0 Å². The smallest absolute Gasteiger partial charge is 0.0441 e. The van der Waals surface area contributed by atoms with Crippen molar-refractivity contribution in [3.63, 3.8) is 0 Å². The van der Waals surface area contributed by atoms with E-state index in [0.29, 0.717) is 5.92 Å². The molecule has 1 nitrogen and oxygen atoms in total. The standard InChI is InChI=1S/C15H20ClN/c16-15-7-2-1-6-13(15)14(11-4-3-5-11)10-17-12-8-9-12/h1-2,6-7,11-12,14,17H,3-5,8-10H2. The zero-order valence-electron chi connectivity index (χ0n) is 10.2. The molecule has 2 saturated carbocycles. The molecule has 2 fully saturated rings. The number of halogens is 1. The Labute approximate surface area is 109 Å². The number of nitrogens with one attached hydrogen (secondary N) is 1. The van der Waals surface area contributed by atoms with Gasteiger partial charge in [0.2, 0.25) is 0 Å². The molecular formula is C15H20ClN. The number of benzene rings is 1. The predicted octanol–water partition coefficient (Wildman–Crippen LogP) is 3.98. The molecule has 3 rings (SSSR count). The van der Waals surface area contributed by atoms with Crippen LogP contribution in [0.25, 0.3) is 0 Å². The summed E-state index contributed by atoms with van der Waals surface area (Å²) in [6.45, 7) is 1.11. The number of rotatable bonds is 5. The third kappa shape index (κ3) is 2.66. The SMILES string of the molecule is Clc1ccccc1C(CNC1CC1)C1CCC1. The minimum Gasteiger partial charge on any atom is -0.313 e. The summed E-state index contributed by atoms with van der Waals surface area (Å²) in [4.78, 5) is 0. The third-order valence-corrected chi connectivity index (χ3v) is 4.57. The van der Waals surface area contributed by atoms with E-state index in [1.54, 1.807) is 0 Å². The van der Waals surface area contributed by atoms with E-state index in [4.69, 9.17) is 11.6 Å². The predicted molar refractivity (Wildman–Crippen MR) is 72.6 cm³/mol. The van der Waals surface area contributed by atoms with Gasteiger partial charge in [-0.25, -0.2) is 0 Å². The van der Waals surface area contributed by atoms with Crippen molar-refractivity contribution in [2.24, 2.45) is 5.92 Å². The van der Waals surface area contributed by atoms with Gasteiger partial charge < -0.3 is 5.32 Å². The molecule has 1 N–H and O–H groups in total. The Bertz CT molecular complexity index is 382. The molecule has 2 aliphatic rings. The lowest BCUT2D eigenvalue weighted by molar-refractivity contribution is 0.254. The van der Waals surface area contributed by atoms with Crippen LogP contribution in [0, 0.1) is 5.92 Å². The van der Waals surface area contributed by atoms with Gasteiger partial charge in [0.05, 0.1) is 0 Å². The van der Waals surface area contributed by atoms with Crippen LogP contribution in [0.2, 0.25) is 5.02 Å². The summed E-state index contributed by atoms with van der Waals surface area (Å²) < 4.78 is 0. The molecule has 2 heteroatoms. The van der Waals surface area contributed by atoms with E-state index in [1.165, 1.54) is 37.7 Å². The van der Waals surface area contributed by atoms with Gasteiger partial charge in [-0.3, -0.25) is 0 Å². The monoisotopic (exact) mass is 249 g/mol. The number of hydrogen-bond acceptors (Lipinski definition) is 1. The molecule has 0 spiro atoms. The normalized spacial score (nSPS) is 22.2. The largest absolute Gasteiger partial charge is 0.313 e. The summed E-state index contributed by atoms with van der Waals surface area (Å²) in [6.07, 6.45) is 6.87. The highest BCUT2D eigenvalue weighted by molar-refractivity contribution is 6.31. The lowest BCUT2D eigenvalue weighted by atomic mass is 9.73. The maximum atomic E-state index is 6.35. The van der Waals surface area contributed by atoms with Gasteiger partial charge >= 0.3 is 0 Å². The maximum absolute atomic E-state index is 6.35. The highest BCUT2D eigenvalue weighted by Crippen LogP contribution is 2.41. The van der Waals surface area contributed by atoms with Crippen LogP contribution in [0.1, 0.15) is 43.6 Å². The molecule has 0 bridgehead atoms. The third-order valence-electron chi connectivity index (χ3n) is 4.23. The fourth-order valence-electron chi connectivity index (χ4n) is 2.73. The minimum atomic E-state index is 0.623. The first-order chi connectivity index (χ1) is 8.34. The Kier molecular flexibility index (Phi) is 3.39. The summed E-state index contributed by atoms with van der Waals surface area (Å²) in [6, 6.07) is 9.17. The van der Waals surface area contributed by atoms with E-state index < -0.39 is 0 Å².